The van der Waals surface area contributed by atoms with Crippen LogP contribution in [0, 0.1) is 0 Å². The molecule has 12 heteroatoms. The molecule has 2 aromatic carbocycles. The maximum absolute atomic E-state index is 11.0. The van der Waals surface area contributed by atoms with Gasteiger partial charge in [0.15, 0.2) is 0 Å². The second-order valence-corrected chi connectivity index (χ2v) is 7.42. The third-order valence-corrected chi connectivity index (χ3v) is 4.39. The normalized spacial score (nSPS) is 11.4. The van der Waals surface area contributed by atoms with E-state index >= 15 is 0 Å². The first-order valence-electron chi connectivity index (χ1n) is 5.96. The number of rotatable bonds is 5. The molecule has 2 N–H and O–H groups in total. The molecule has 0 saturated carbocycles. The predicted octanol–water partition coefficient (Wildman–Crippen LogP) is -5.59. The fourth-order valence-electron chi connectivity index (χ4n) is 1.89. The van der Waals surface area contributed by atoms with Crippen LogP contribution in [-0.4, -0.2) is 43.3 Å². The van der Waals surface area contributed by atoms with Crippen molar-refractivity contribution in [3.63, 3.8) is 0 Å². The number of nitrogens with one attached hydrogen (secondary N) is 1. The molecule has 0 aliphatic rings. The van der Waals surface area contributed by atoms with E-state index in [-0.39, 0.29) is 71.0 Å². The van der Waals surface area contributed by atoms with Crippen molar-refractivity contribution in [1.29, 1.82) is 0 Å². The van der Waals surface area contributed by atoms with Crippen LogP contribution in [0.1, 0.15) is 0 Å². The number of hydrogen-bond donors (Lipinski definition) is 2. The van der Waals surface area contributed by atoms with Crippen molar-refractivity contribution in [1.82, 2.24) is 0 Å². The van der Waals surface area contributed by atoms with Crippen LogP contribution in [-0.2, 0) is 20.2 Å². The summed E-state index contributed by atoms with van der Waals surface area (Å²) in [6.45, 7) is -0.106. The number of anilines is 1. The zero-order valence-electron chi connectivity index (χ0n) is 13.0. The summed E-state index contributed by atoms with van der Waals surface area (Å²) >= 11 is 0. The molecule has 0 aliphatic heterocycles. The third kappa shape index (κ3) is 6.79. The van der Waals surface area contributed by atoms with Gasteiger partial charge in [-0.1, -0.05) is 6.07 Å². The van der Waals surface area contributed by atoms with Crippen molar-refractivity contribution < 1.29 is 90.2 Å². The van der Waals surface area contributed by atoms with Gasteiger partial charge in [-0.3, -0.25) is 0 Å². The number of aromatic hydroxyl groups is 1. The van der Waals surface area contributed by atoms with Crippen LogP contribution in [0.25, 0.3) is 10.8 Å². The molecule has 8 nitrogen and oxygen atoms in total. The Hall–Kier alpha value is 0.120. The summed E-state index contributed by atoms with van der Waals surface area (Å²) in [5, 5.41) is 13.1. The van der Waals surface area contributed by atoms with Gasteiger partial charge in [0.05, 0.1) is 20.8 Å². The molecule has 0 saturated heterocycles. The molecule has 0 radical (unpaired) electrons. The molecule has 0 unspecified atom stereocenters. The quantitative estimate of drug-likeness (QED) is 0.379. The number of phenolic OH excluding ortho intramolecular Hbond substituents is 1. The Labute approximate surface area is 183 Å². The average Bonchev–Trinajstić information content (AvgIpc) is 2.36. The molecule has 0 aliphatic carbocycles. The molecule has 0 bridgehead atoms. The van der Waals surface area contributed by atoms with Crippen molar-refractivity contribution in [3.8, 4) is 5.75 Å². The van der Waals surface area contributed by atoms with Crippen LogP contribution >= 0.6 is 0 Å². The average molecular weight is 391 g/mol. The van der Waals surface area contributed by atoms with E-state index in [0.717, 1.165) is 12.1 Å². The Balaban J connectivity index is 0.00000264. The Morgan fingerprint density at radius 2 is 1.62 bits per heavy atom. The zero-order valence-corrected chi connectivity index (χ0v) is 18.6. The molecule has 24 heavy (non-hydrogen) atoms. The molecule has 0 heterocycles. The number of benzene rings is 2. The second kappa shape index (κ2) is 9.17. The summed E-state index contributed by atoms with van der Waals surface area (Å²) < 4.78 is 64.4. The van der Waals surface area contributed by atoms with E-state index in [1.807, 2.05) is 0 Å². The van der Waals surface area contributed by atoms with Crippen molar-refractivity contribution >= 4 is 36.7 Å². The fourth-order valence-corrected chi connectivity index (χ4v) is 2.77. The molecular weight excluding hydrogens is 380 g/mol. The molecule has 120 valence electrons. The summed E-state index contributed by atoms with van der Waals surface area (Å²) in [5.41, 5.74) is 0.434. The molecule has 0 aromatic heterocycles. The molecule has 0 spiro atoms. The summed E-state index contributed by atoms with van der Waals surface area (Å²) in [6.07, 6.45) is 0. The summed E-state index contributed by atoms with van der Waals surface area (Å²) in [6, 6.07) is 6.38. The van der Waals surface area contributed by atoms with Crippen molar-refractivity contribution in [2.75, 3.05) is 17.6 Å². The van der Waals surface area contributed by atoms with E-state index in [1.165, 1.54) is 18.2 Å². The molecule has 0 fully saturated rings. The Bertz CT molecular complexity index is 930. The van der Waals surface area contributed by atoms with Crippen LogP contribution < -0.4 is 64.4 Å². The van der Waals surface area contributed by atoms with Gasteiger partial charge < -0.3 is 19.5 Å². The fraction of sp³-hybridized carbons (Fsp3) is 0.167. The standard InChI is InChI=1S/C12H13NO7S2.2Na/c14-12-7-10(22(18,19)20)5-8-1-2-9(6-11(8)12)13-3-4-21(15,16)17;;/h1-2,5-7,13-14H,3-4H2,(H,15,16,17)(H,18,19,20);;/q;2*+1/p-2. The van der Waals surface area contributed by atoms with Gasteiger partial charge in [0.1, 0.15) is 15.9 Å². The Morgan fingerprint density at radius 1 is 1.00 bits per heavy atom. The Morgan fingerprint density at radius 3 is 2.17 bits per heavy atom. The van der Waals surface area contributed by atoms with Crippen molar-refractivity contribution in [2.45, 2.75) is 4.90 Å². The monoisotopic (exact) mass is 391 g/mol. The first-order chi connectivity index (χ1) is 10.1. The van der Waals surface area contributed by atoms with Crippen LogP contribution in [0.3, 0.4) is 0 Å². The molecule has 0 amide bonds. The number of phenols is 1. The van der Waals surface area contributed by atoms with E-state index in [1.54, 1.807) is 0 Å². The maximum atomic E-state index is 11.0. The van der Waals surface area contributed by atoms with E-state index < -0.39 is 36.6 Å². The van der Waals surface area contributed by atoms with Gasteiger partial charge in [-0.2, -0.15) is 0 Å². The van der Waals surface area contributed by atoms with Gasteiger partial charge >= 0.3 is 59.1 Å². The SMILES string of the molecule is O=S(=O)([O-])CCNc1ccc2cc(S(=O)(=O)[O-])cc(O)c2c1.[Na+].[Na+]. The summed E-state index contributed by atoms with van der Waals surface area (Å²) in [4.78, 5) is -0.546. The predicted molar refractivity (Wildman–Crippen MR) is 76.6 cm³/mol. The largest absolute Gasteiger partial charge is 1.00 e. The Kier molecular flexibility index (Phi) is 9.22. The van der Waals surface area contributed by atoms with Gasteiger partial charge in [-0.05, 0) is 29.7 Å². The van der Waals surface area contributed by atoms with E-state index in [9.17, 15) is 31.0 Å². The van der Waals surface area contributed by atoms with Gasteiger partial charge in [0.2, 0.25) is 0 Å². The van der Waals surface area contributed by atoms with Crippen LogP contribution in [0.15, 0.2) is 35.2 Å². The minimum absolute atomic E-state index is 0. The minimum atomic E-state index is -4.68. The van der Waals surface area contributed by atoms with Crippen molar-refractivity contribution in [2.24, 2.45) is 0 Å². The topological polar surface area (TPSA) is 147 Å². The van der Waals surface area contributed by atoms with Crippen LogP contribution in [0.2, 0.25) is 0 Å². The van der Waals surface area contributed by atoms with E-state index in [4.69, 9.17) is 0 Å². The van der Waals surface area contributed by atoms with Gasteiger partial charge in [0.25, 0.3) is 0 Å². The van der Waals surface area contributed by atoms with E-state index in [2.05, 4.69) is 5.32 Å². The zero-order chi connectivity index (χ0) is 16.5. The first kappa shape index (κ1) is 24.1. The van der Waals surface area contributed by atoms with Gasteiger partial charge in [-0.15, -0.1) is 0 Å². The smallest absolute Gasteiger partial charge is 0.748 e. The number of hydrogen-bond acceptors (Lipinski definition) is 8. The molecule has 2 aromatic rings. The van der Waals surface area contributed by atoms with Gasteiger partial charge in [-0.25, -0.2) is 16.8 Å². The number of fused-ring (bicyclic) bond motifs is 1. The molecular formula is C12H11NNa2O7S2. The molecule has 2 rings (SSSR count). The van der Waals surface area contributed by atoms with E-state index in [0.29, 0.717) is 11.1 Å². The van der Waals surface area contributed by atoms with Crippen molar-refractivity contribution in [3.05, 3.63) is 30.3 Å². The van der Waals surface area contributed by atoms with Crippen LogP contribution in [0.4, 0.5) is 5.69 Å². The summed E-state index contributed by atoms with van der Waals surface area (Å²) in [5.74, 6) is -0.989. The first-order valence-corrected chi connectivity index (χ1v) is 8.95. The summed E-state index contributed by atoms with van der Waals surface area (Å²) in [7, 11) is -9.01. The molecule has 0 atom stereocenters. The van der Waals surface area contributed by atoms with Crippen LogP contribution in [0.5, 0.6) is 5.75 Å². The third-order valence-electron chi connectivity index (χ3n) is 2.88. The van der Waals surface area contributed by atoms with Gasteiger partial charge in [0, 0.05) is 17.6 Å². The maximum Gasteiger partial charge on any atom is 1.00 e. The minimum Gasteiger partial charge on any atom is -0.748 e. The second-order valence-electron chi connectivity index (χ2n) is 4.52.